The Kier molecular flexibility index (Phi) is 3.95. The van der Waals surface area contributed by atoms with E-state index in [0.29, 0.717) is 6.04 Å². The van der Waals surface area contributed by atoms with Crippen LogP contribution in [0.5, 0.6) is 0 Å². The van der Waals surface area contributed by atoms with Crippen LogP contribution in [0.25, 0.3) is 0 Å². The molecule has 0 saturated carbocycles. The molecule has 1 aromatic carbocycles. The fourth-order valence-corrected chi connectivity index (χ4v) is 4.40. The Hall–Kier alpha value is -1.12. The van der Waals surface area contributed by atoms with E-state index in [1.54, 1.807) is 10.4 Å². The zero-order chi connectivity index (χ0) is 14.1. The quantitative estimate of drug-likeness (QED) is 0.880. The van der Waals surface area contributed by atoms with Crippen LogP contribution in [0.4, 0.5) is 0 Å². The van der Waals surface area contributed by atoms with Crippen molar-refractivity contribution in [3.63, 3.8) is 0 Å². The summed E-state index contributed by atoms with van der Waals surface area (Å²) in [4.78, 5) is 3.13. The summed E-state index contributed by atoms with van der Waals surface area (Å²) in [5.41, 5.74) is 5.81. The van der Waals surface area contributed by atoms with E-state index in [1.165, 1.54) is 40.8 Å². The minimum atomic E-state index is 0.452. The van der Waals surface area contributed by atoms with Gasteiger partial charge in [-0.2, -0.15) is 0 Å². The fourth-order valence-electron chi connectivity index (χ4n) is 3.03. The number of hydrogen-bond acceptors (Lipinski definition) is 2. The minimum absolute atomic E-state index is 0.452. The van der Waals surface area contributed by atoms with Gasteiger partial charge in [0, 0.05) is 15.8 Å². The lowest BCUT2D eigenvalue weighted by Gasteiger charge is -2.15. The van der Waals surface area contributed by atoms with Crippen molar-refractivity contribution in [2.45, 2.75) is 45.6 Å². The first-order valence-corrected chi connectivity index (χ1v) is 8.34. The van der Waals surface area contributed by atoms with Crippen molar-refractivity contribution < 1.29 is 0 Å². The largest absolute Gasteiger partial charge is 0.312 e. The van der Waals surface area contributed by atoms with Crippen molar-refractivity contribution in [1.29, 1.82) is 0 Å². The average Bonchev–Trinajstić information content (AvgIpc) is 3.01. The van der Waals surface area contributed by atoms with Crippen molar-refractivity contribution >= 4 is 11.3 Å². The molecule has 1 aliphatic rings. The molecule has 1 aromatic heterocycles. The first-order chi connectivity index (χ1) is 9.67. The second-order valence-corrected chi connectivity index (χ2v) is 7.08. The molecular weight excluding hydrogens is 262 g/mol. The molecule has 106 valence electrons. The van der Waals surface area contributed by atoms with Crippen molar-refractivity contribution in [3.05, 3.63) is 56.3 Å². The van der Waals surface area contributed by atoms with Gasteiger partial charge in [-0.3, -0.25) is 0 Å². The molecule has 0 fully saturated rings. The molecule has 0 spiro atoms. The first kappa shape index (κ1) is 13.8. The summed E-state index contributed by atoms with van der Waals surface area (Å²) in [5, 5.41) is 3.50. The smallest absolute Gasteiger partial charge is 0.0453 e. The van der Waals surface area contributed by atoms with Gasteiger partial charge in [-0.1, -0.05) is 18.2 Å². The van der Waals surface area contributed by atoms with Gasteiger partial charge in [-0.15, -0.1) is 11.3 Å². The van der Waals surface area contributed by atoms with E-state index in [0.717, 1.165) is 6.42 Å². The lowest BCUT2D eigenvalue weighted by atomic mass is 10.00. The number of nitrogens with one attached hydrogen (secondary N) is 1. The molecule has 0 bridgehead atoms. The van der Waals surface area contributed by atoms with Gasteiger partial charge < -0.3 is 5.32 Å². The maximum atomic E-state index is 3.50. The van der Waals surface area contributed by atoms with Crippen LogP contribution >= 0.6 is 11.3 Å². The third-order valence-corrected chi connectivity index (χ3v) is 5.82. The van der Waals surface area contributed by atoms with Gasteiger partial charge in [-0.05, 0) is 74.9 Å². The molecule has 2 aromatic rings. The monoisotopic (exact) mass is 285 g/mol. The Morgan fingerprint density at radius 2 is 2.00 bits per heavy atom. The van der Waals surface area contributed by atoms with E-state index in [9.17, 15) is 0 Å². The highest BCUT2D eigenvalue weighted by atomic mass is 32.1. The van der Waals surface area contributed by atoms with E-state index in [2.05, 4.69) is 50.5 Å². The maximum absolute atomic E-state index is 3.50. The highest BCUT2D eigenvalue weighted by Crippen LogP contribution is 2.34. The van der Waals surface area contributed by atoms with Gasteiger partial charge in [-0.25, -0.2) is 0 Å². The van der Waals surface area contributed by atoms with Crippen LogP contribution in [-0.2, 0) is 19.3 Å². The molecule has 0 saturated heterocycles. The van der Waals surface area contributed by atoms with Gasteiger partial charge in [0.25, 0.3) is 0 Å². The molecule has 20 heavy (non-hydrogen) atoms. The molecule has 1 N–H and O–H groups in total. The predicted molar refractivity (Wildman–Crippen MR) is 87.8 cm³/mol. The highest BCUT2D eigenvalue weighted by Gasteiger charge is 2.19. The molecule has 0 aliphatic heterocycles. The molecule has 0 amide bonds. The Morgan fingerprint density at radius 3 is 2.70 bits per heavy atom. The second kappa shape index (κ2) is 5.71. The lowest BCUT2D eigenvalue weighted by molar-refractivity contribution is 0.601. The maximum Gasteiger partial charge on any atom is 0.0453 e. The molecule has 1 unspecified atom stereocenters. The van der Waals surface area contributed by atoms with Crippen LogP contribution in [0.1, 0.15) is 44.5 Å². The Morgan fingerprint density at radius 1 is 1.15 bits per heavy atom. The highest BCUT2D eigenvalue weighted by molar-refractivity contribution is 7.12. The van der Waals surface area contributed by atoms with Crippen LogP contribution < -0.4 is 5.32 Å². The van der Waals surface area contributed by atoms with Crippen LogP contribution in [0, 0.1) is 13.8 Å². The van der Waals surface area contributed by atoms with Gasteiger partial charge in [0.15, 0.2) is 0 Å². The molecule has 1 atom stereocenters. The van der Waals surface area contributed by atoms with E-state index < -0.39 is 0 Å². The molecule has 1 aliphatic carbocycles. The summed E-state index contributed by atoms with van der Waals surface area (Å²) in [6.45, 7) is 4.38. The number of benzene rings is 1. The van der Waals surface area contributed by atoms with Crippen molar-refractivity contribution in [2.75, 3.05) is 7.05 Å². The summed E-state index contributed by atoms with van der Waals surface area (Å²) in [5.74, 6) is 0. The van der Waals surface area contributed by atoms with Crippen molar-refractivity contribution in [2.24, 2.45) is 0 Å². The lowest BCUT2D eigenvalue weighted by Crippen LogP contribution is -2.17. The summed E-state index contributed by atoms with van der Waals surface area (Å²) in [7, 11) is 2.08. The number of fused-ring (bicyclic) bond motifs is 1. The van der Waals surface area contributed by atoms with E-state index in [1.807, 2.05) is 11.3 Å². The molecule has 0 radical (unpaired) electrons. The summed E-state index contributed by atoms with van der Waals surface area (Å²) in [6, 6.07) is 9.74. The van der Waals surface area contributed by atoms with E-state index in [-0.39, 0.29) is 0 Å². The van der Waals surface area contributed by atoms with Gasteiger partial charge >= 0.3 is 0 Å². The molecule has 1 nitrogen and oxygen atoms in total. The van der Waals surface area contributed by atoms with E-state index in [4.69, 9.17) is 0 Å². The normalized spacial score (nSPS) is 15.3. The number of thiophene rings is 1. The Balaban J connectivity index is 1.80. The standard InChI is InChI=1S/C18H23NS/c1-12-7-8-14(9-13(12)2)10-16(19-3)18-11-15-5-4-6-17(15)20-18/h7-9,11,16,19H,4-6,10H2,1-3H3. The average molecular weight is 285 g/mol. The molecule has 2 heteroatoms. The van der Waals surface area contributed by atoms with Crippen molar-refractivity contribution in [1.82, 2.24) is 5.32 Å². The minimum Gasteiger partial charge on any atom is -0.312 e. The third kappa shape index (κ3) is 2.68. The van der Waals surface area contributed by atoms with Crippen molar-refractivity contribution in [3.8, 4) is 0 Å². The zero-order valence-corrected chi connectivity index (χ0v) is 13.4. The molecule has 3 rings (SSSR count). The SMILES string of the molecule is CNC(Cc1ccc(C)c(C)c1)c1cc2c(s1)CCC2. The number of aryl methyl sites for hydroxylation is 4. The first-order valence-electron chi connectivity index (χ1n) is 7.52. The van der Waals surface area contributed by atoms with Crippen LogP contribution in [0.15, 0.2) is 24.3 Å². The van der Waals surface area contributed by atoms with Gasteiger partial charge in [0.1, 0.15) is 0 Å². The number of rotatable bonds is 4. The van der Waals surface area contributed by atoms with Crippen LogP contribution in [0.3, 0.4) is 0 Å². The number of hydrogen-bond donors (Lipinski definition) is 1. The fraction of sp³-hybridized carbons (Fsp3) is 0.444. The van der Waals surface area contributed by atoms with Gasteiger partial charge in [0.2, 0.25) is 0 Å². The summed E-state index contributed by atoms with van der Waals surface area (Å²) in [6.07, 6.45) is 5.01. The third-order valence-electron chi connectivity index (χ3n) is 4.47. The molecular formula is C18H23NS. The zero-order valence-electron chi connectivity index (χ0n) is 12.6. The Bertz CT molecular complexity index is 590. The summed E-state index contributed by atoms with van der Waals surface area (Å²) < 4.78 is 0. The number of likely N-dealkylation sites (N-methyl/N-ethyl adjacent to an activating group) is 1. The molecule has 1 heterocycles. The topological polar surface area (TPSA) is 12.0 Å². The van der Waals surface area contributed by atoms with E-state index >= 15 is 0 Å². The van der Waals surface area contributed by atoms with Gasteiger partial charge in [0.05, 0.1) is 0 Å². The Labute approximate surface area is 126 Å². The van der Waals surface area contributed by atoms with Crippen LogP contribution in [0.2, 0.25) is 0 Å². The second-order valence-electron chi connectivity index (χ2n) is 5.91. The predicted octanol–water partition coefficient (Wildman–Crippen LogP) is 4.36. The summed E-state index contributed by atoms with van der Waals surface area (Å²) >= 11 is 2.02. The van der Waals surface area contributed by atoms with Crippen LogP contribution in [-0.4, -0.2) is 7.05 Å².